The SMILES string of the molecule is COCCCN(C)C(=O)N1C2CCC1CC(CC(=O)O)C2. The third-order valence-electron chi connectivity index (χ3n) is 4.68. The fraction of sp³-hybridized carbons (Fsp3) is 0.867. The third-order valence-corrected chi connectivity index (χ3v) is 4.68. The Bertz CT molecular complexity index is 374. The van der Waals surface area contributed by atoms with Crippen LogP contribution in [0, 0.1) is 5.92 Å². The summed E-state index contributed by atoms with van der Waals surface area (Å²) < 4.78 is 5.02. The van der Waals surface area contributed by atoms with Gasteiger partial charge in [0.2, 0.25) is 0 Å². The normalized spacial score (nSPS) is 27.7. The molecule has 0 aromatic rings. The van der Waals surface area contributed by atoms with Crippen molar-refractivity contribution in [3.05, 3.63) is 0 Å². The molecule has 2 bridgehead atoms. The summed E-state index contributed by atoms with van der Waals surface area (Å²) in [6.07, 6.45) is 4.76. The molecule has 2 atom stereocenters. The number of nitrogens with zero attached hydrogens (tertiary/aromatic N) is 2. The summed E-state index contributed by atoms with van der Waals surface area (Å²) >= 11 is 0. The van der Waals surface area contributed by atoms with E-state index in [9.17, 15) is 9.59 Å². The van der Waals surface area contributed by atoms with Crippen molar-refractivity contribution in [2.75, 3.05) is 27.3 Å². The summed E-state index contributed by atoms with van der Waals surface area (Å²) in [7, 11) is 3.50. The summed E-state index contributed by atoms with van der Waals surface area (Å²) in [6, 6.07) is 0.545. The monoisotopic (exact) mass is 298 g/mol. The first-order valence-corrected chi connectivity index (χ1v) is 7.77. The Kier molecular flexibility index (Phi) is 5.45. The van der Waals surface area contributed by atoms with Crippen LogP contribution >= 0.6 is 0 Å². The fourth-order valence-corrected chi connectivity index (χ4v) is 3.75. The Morgan fingerprint density at radius 2 is 1.90 bits per heavy atom. The van der Waals surface area contributed by atoms with Gasteiger partial charge in [0.15, 0.2) is 0 Å². The van der Waals surface area contributed by atoms with Gasteiger partial charge < -0.3 is 19.6 Å². The summed E-state index contributed by atoms with van der Waals surface area (Å²) in [6.45, 7) is 1.35. The second-order valence-corrected chi connectivity index (χ2v) is 6.28. The first-order chi connectivity index (χ1) is 10.0. The topological polar surface area (TPSA) is 70.1 Å². The zero-order valence-corrected chi connectivity index (χ0v) is 13.0. The Balaban J connectivity index is 1.90. The van der Waals surface area contributed by atoms with Gasteiger partial charge in [-0.1, -0.05) is 0 Å². The Morgan fingerprint density at radius 3 is 2.43 bits per heavy atom. The van der Waals surface area contributed by atoms with Gasteiger partial charge >= 0.3 is 12.0 Å². The molecule has 1 N–H and O–H groups in total. The smallest absolute Gasteiger partial charge is 0.320 e. The van der Waals surface area contributed by atoms with E-state index in [0.717, 1.165) is 32.1 Å². The fourth-order valence-electron chi connectivity index (χ4n) is 3.75. The van der Waals surface area contributed by atoms with Gasteiger partial charge in [-0.15, -0.1) is 0 Å². The predicted octanol–water partition coefficient (Wildman–Crippen LogP) is 1.79. The highest BCUT2D eigenvalue weighted by Gasteiger charge is 2.44. The van der Waals surface area contributed by atoms with E-state index in [0.29, 0.717) is 13.2 Å². The van der Waals surface area contributed by atoms with E-state index in [1.165, 1.54) is 0 Å². The van der Waals surface area contributed by atoms with Crippen molar-refractivity contribution in [1.82, 2.24) is 9.80 Å². The van der Waals surface area contributed by atoms with Crippen molar-refractivity contribution in [2.45, 2.75) is 50.6 Å². The van der Waals surface area contributed by atoms with Crippen molar-refractivity contribution >= 4 is 12.0 Å². The third kappa shape index (κ3) is 3.87. The van der Waals surface area contributed by atoms with E-state index in [1.54, 1.807) is 12.0 Å². The molecule has 0 aliphatic carbocycles. The van der Waals surface area contributed by atoms with Gasteiger partial charge in [-0.25, -0.2) is 4.79 Å². The average Bonchev–Trinajstić information content (AvgIpc) is 2.69. The number of hydrogen-bond acceptors (Lipinski definition) is 3. The molecule has 2 saturated heterocycles. The summed E-state index contributed by atoms with van der Waals surface area (Å²) in [5, 5.41) is 8.94. The van der Waals surface area contributed by atoms with E-state index in [-0.39, 0.29) is 30.5 Å². The molecule has 2 heterocycles. The molecule has 2 rings (SSSR count). The second-order valence-electron chi connectivity index (χ2n) is 6.28. The Labute approximate surface area is 126 Å². The van der Waals surface area contributed by atoms with Gasteiger partial charge in [0.25, 0.3) is 0 Å². The van der Waals surface area contributed by atoms with Crippen LogP contribution in [-0.4, -0.2) is 66.3 Å². The first-order valence-electron chi connectivity index (χ1n) is 7.77. The number of aliphatic carboxylic acids is 1. The number of carboxylic acids is 1. The quantitative estimate of drug-likeness (QED) is 0.759. The molecule has 2 unspecified atom stereocenters. The van der Waals surface area contributed by atoms with E-state index in [4.69, 9.17) is 9.84 Å². The number of carbonyl (C=O) groups excluding carboxylic acids is 1. The molecule has 0 aromatic carbocycles. The number of carboxylic acid groups (broad SMARTS) is 1. The molecular weight excluding hydrogens is 272 g/mol. The van der Waals surface area contributed by atoms with Crippen LogP contribution in [0.15, 0.2) is 0 Å². The number of hydrogen-bond donors (Lipinski definition) is 1. The van der Waals surface area contributed by atoms with Crippen LogP contribution in [0.3, 0.4) is 0 Å². The van der Waals surface area contributed by atoms with Crippen molar-refractivity contribution in [3.63, 3.8) is 0 Å². The molecule has 21 heavy (non-hydrogen) atoms. The molecule has 0 spiro atoms. The lowest BCUT2D eigenvalue weighted by molar-refractivity contribution is -0.138. The molecule has 120 valence electrons. The van der Waals surface area contributed by atoms with E-state index in [2.05, 4.69) is 0 Å². The number of fused-ring (bicyclic) bond motifs is 2. The van der Waals surface area contributed by atoms with Crippen molar-refractivity contribution in [3.8, 4) is 0 Å². The lowest BCUT2D eigenvalue weighted by Gasteiger charge is -2.40. The second kappa shape index (κ2) is 7.11. The van der Waals surface area contributed by atoms with E-state index >= 15 is 0 Å². The summed E-state index contributed by atoms with van der Waals surface area (Å²) in [4.78, 5) is 27.2. The number of rotatable bonds is 6. The Hall–Kier alpha value is -1.30. The van der Waals surface area contributed by atoms with E-state index < -0.39 is 5.97 Å². The highest BCUT2D eigenvalue weighted by atomic mass is 16.5. The number of carbonyl (C=O) groups is 2. The van der Waals surface area contributed by atoms with Crippen LogP contribution in [-0.2, 0) is 9.53 Å². The van der Waals surface area contributed by atoms with E-state index in [1.807, 2.05) is 11.9 Å². The van der Waals surface area contributed by atoms with Gasteiger partial charge in [0.05, 0.1) is 0 Å². The predicted molar refractivity (Wildman–Crippen MR) is 78.1 cm³/mol. The van der Waals surface area contributed by atoms with Crippen LogP contribution in [0.2, 0.25) is 0 Å². The number of methoxy groups -OCH3 is 1. The summed E-state index contributed by atoms with van der Waals surface area (Å²) in [5.74, 6) is -0.501. The molecule has 6 nitrogen and oxygen atoms in total. The lowest BCUT2D eigenvalue weighted by Crippen LogP contribution is -2.51. The standard InChI is InChI=1S/C15H26N2O4/c1-16(6-3-7-21-2)15(20)17-12-4-5-13(17)9-11(8-12)10-14(18)19/h11-13H,3-10H2,1-2H3,(H,18,19). The number of amides is 2. The summed E-state index contributed by atoms with van der Waals surface area (Å²) in [5.41, 5.74) is 0. The zero-order valence-electron chi connectivity index (χ0n) is 13.0. The maximum Gasteiger partial charge on any atom is 0.320 e. The molecule has 6 heteroatoms. The zero-order chi connectivity index (χ0) is 15.4. The highest BCUT2D eigenvalue weighted by molar-refractivity contribution is 5.75. The molecule has 2 amide bonds. The van der Waals surface area contributed by atoms with Gasteiger partial charge in [0, 0.05) is 45.8 Å². The average molecular weight is 298 g/mol. The van der Waals surface area contributed by atoms with Crippen molar-refractivity contribution in [1.29, 1.82) is 0 Å². The molecule has 2 fully saturated rings. The number of ether oxygens (including phenoxy) is 1. The maximum atomic E-state index is 12.6. The lowest BCUT2D eigenvalue weighted by atomic mass is 9.88. The molecule has 0 saturated carbocycles. The van der Waals surface area contributed by atoms with Crippen LogP contribution < -0.4 is 0 Å². The molecule has 0 aromatic heterocycles. The first kappa shape index (κ1) is 16.1. The van der Waals surface area contributed by atoms with Crippen LogP contribution in [0.5, 0.6) is 0 Å². The van der Waals surface area contributed by atoms with Crippen LogP contribution in [0.4, 0.5) is 4.79 Å². The van der Waals surface area contributed by atoms with Gasteiger partial charge in [-0.2, -0.15) is 0 Å². The van der Waals surface area contributed by atoms with Crippen LogP contribution in [0.25, 0.3) is 0 Å². The van der Waals surface area contributed by atoms with Gasteiger partial charge in [-0.05, 0) is 38.0 Å². The van der Waals surface area contributed by atoms with Crippen molar-refractivity contribution in [2.24, 2.45) is 5.92 Å². The minimum atomic E-state index is -0.726. The molecule has 2 aliphatic rings. The largest absolute Gasteiger partial charge is 0.481 e. The Morgan fingerprint density at radius 1 is 1.29 bits per heavy atom. The molecule has 0 radical (unpaired) electrons. The number of piperidine rings is 1. The molecular formula is C15H26N2O4. The van der Waals surface area contributed by atoms with Crippen molar-refractivity contribution < 1.29 is 19.4 Å². The maximum absolute atomic E-state index is 12.6. The van der Waals surface area contributed by atoms with Gasteiger partial charge in [0.1, 0.15) is 0 Å². The minimum absolute atomic E-state index is 0.0902. The highest BCUT2D eigenvalue weighted by Crippen LogP contribution is 2.40. The minimum Gasteiger partial charge on any atom is -0.481 e. The van der Waals surface area contributed by atoms with Crippen LogP contribution in [0.1, 0.15) is 38.5 Å². The molecule has 2 aliphatic heterocycles. The number of urea groups is 1. The van der Waals surface area contributed by atoms with Gasteiger partial charge in [-0.3, -0.25) is 4.79 Å².